The highest BCUT2D eigenvalue weighted by molar-refractivity contribution is 5.99. The maximum absolute atomic E-state index is 12.3. The Hall–Kier alpha value is -3.88. The van der Waals surface area contributed by atoms with Crippen molar-refractivity contribution in [3.8, 4) is 17.2 Å². The lowest BCUT2D eigenvalue weighted by Gasteiger charge is -2.06. The molecule has 2 heterocycles. The Morgan fingerprint density at radius 1 is 0.963 bits per heavy atom. The Bertz CT molecular complexity index is 1020. The van der Waals surface area contributed by atoms with Crippen LogP contribution in [0.4, 0.5) is 0 Å². The summed E-state index contributed by atoms with van der Waals surface area (Å²) < 4.78 is 10.4. The molecule has 4 rings (SSSR count). The number of fused-ring (bicyclic) bond motifs is 1. The van der Waals surface area contributed by atoms with Gasteiger partial charge in [-0.1, -0.05) is 18.2 Å². The summed E-state index contributed by atoms with van der Waals surface area (Å²) in [6.45, 7) is 1.79. The van der Waals surface area contributed by atoms with E-state index in [0.717, 1.165) is 5.69 Å². The molecule has 0 spiro atoms. The number of hydrazine groups is 1. The fraction of sp³-hybridized carbons (Fsp3) is 0.111. The molecule has 3 aromatic rings. The normalized spacial score (nSPS) is 11.9. The molecule has 136 valence electrons. The number of ether oxygens (including phenoxy) is 2. The molecule has 0 saturated carbocycles. The van der Waals surface area contributed by atoms with Crippen molar-refractivity contribution in [2.75, 3.05) is 6.79 Å². The van der Waals surface area contributed by atoms with Crippen LogP contribution in [0.15, 0.2) is 48.5 Å². The molecule has 2 N–H and O–H groups in total. The van der Waals surface area contributed by atoms with Gasteiger partial charge in [-0.25, -0.2) is 0 Å². The fourth-order valence-electron chi connectivity index (χ4n) is 2.55. The summed E-state index contributed by atoms with van der Waals surface area (Å²) in [5, 5.41) is 8.41. The van der Waals surface area contributed by atoms with E-state index in [-0.39, 0.29) is 12.5 Å². The lowest BCUT2D eigenvalue weighted by Crippen LogP contribution is -2.42. The van der Waals surface area contributed by atoms with Crippen molar-refractivity contribution in [3.63, 3.8) is 0 Å². The van der Waals surface area contributed by atoms with Crippen LogP contribution < -0.4 is 20.3 Å². The molecule has 9 heteroatoms. The monoisotopic (exact) mass is 365 g/mol. The largest absolute Gasteiger partial charge is 0.454 e. The number of hydrogen-bond acceptors (Lipinski definition) is 6. The molecule has 9 nitrogen and oxygen atoms in total. The molecule has 0 bridgehead atoms. The number of nitrogens with zero attached hydrogens (tertiary/aromatic N) is 3. The fourth-order valence-corrected chi connectivity index (χ4v) is 2.55. The molecule has 2 amide bonds. The number of aryl methyl sites for hydroxylation is 1. The van der Waals surface area contributed by atoms with E-state index in [2.05, 4.69) is 21.0 Å². The topological polar surface area (TPSA) is 107 Å². The Balaban J connectivity index is 1.44. The number of carbonyl (C=O) groups is 2. The Kier molecular flexibility index (Phi) is 4.17. The maximum Gasteiger partial charge on any atom is 0.292 e. The Morgan fingerprint density at radius 2 is 1.70 bits per heavy atom. The molecule has 0 fully saturated rings. The average Bonchev–Trinajstić information content (AvgIpc) is 3.32. The van der Waals surface area contributed by atoms with Crippen molar-refractivity contribution in [1.82, 2.24) is 25.8 Å². The molecule has 0 saturated heterocycles. The van der Waals surface area contributed by atoms with Crippen molar-refractivity contribution in [1.29, 1.82) is 0 Å². The van der Waals surface area contributed by atoms with Crippen LogP contribution in [0.1, 0.15) is 26.5 Å². The first-order chi connectivity index (χ1) is 13.1. The van der Waals surface area contributed by atoms with E-state index in [1.165, 1.54) is 4.80 Å². The van der Waals surface area contributed by atoms with Gasteiger partial charge in [-0.3, -0.25) is 20.4 Å². The van der Waals surface area contributed by atoms with Crippen LogP contribution in [0.5, 0.6) is 11.5 Å². The van der Waals surface area contributed by atoms with E-state index in [1.54, 1.807) is 25.1 Å². The minimum absolute atomic E-state index is 0.116. The first kappa shape index (κ1) is 16.6. The highest BCUT2D eigenvalue weighted by Gasteiger charge is 2.19. The zero-order valence-corrected chi connectivity index (χ0v) is 14.3. The summed E-state index contributed by atoms with van der Waals surface area (Å²) in [5.41, 5.74) is 6.30. The average molecular weight is 365 g/mol. The van der Waals surface area contributed by atoms with Gasteiger partial charge in [0.1, 0.15) is 0 Å². The standard InChI is InChI=1S/C18H15N5O4/c1-11-16(22-23(21-11)13-5-3-2-4-6-13)18(25)20-19-17(24)12-7-8-14-15(9-12)27-10-26-14/h2-9H,10H2,1H3,(H,19,24)(H,20,25). The van der Waals surface area contributed by atoms with Crippen LogP contribution in [0.25, 0.3) is 5.69 Å². The van der Waals surface area contributed by atoms with E-state index in [0.29, 0.717) is 22.8 Å². The molecular weight excluding hydrogens is 350 g/mol. The summed E-state index contributed by atoms with van der Waals surface area (Å²) >= 11 is 0. The van der Waals surface area contributed by atoms with Gasteiger partial charge in [0.2, 0.25) is 6.79 Å². The number of benzene rings is 2. The maximum atomic E-state index is 12.3. The van der Waals surface area contributed by atoms with Gasteiger partial charge in [0, 0.05) is 5.56 Å². The van der Waals surface area contributed by atoms with E-state index >= 15 is 0 Å². The van der Waals surface area contributed by atoms with Crippen LogP contribution in [0.3, 0.4) is 0 Å². The molecule has 0 atom stereocenters. The molecule has 1 aromatic heterocycles. The van der Waals surface area contributed by atoms with Crippen LogP contribution >= 0.6 is 0 Å². The Labute approximate surface area is 153 Å². The zero-order valence-electron chi connectivity index (χ0n) is 14.3. The third-order valence-corrected chi connectivity index (χ3v) is 3.91. The van der Waals surface area contributed by atoms with Gasteiger partial charge in [0.05, 0.1) is 11.4 Å². The second kappa shape index (κ2) is 6.79. The number of rotatable bonds is 3. The SMILES string of the molecule is Cc1nn(-c2ccccc2)nc1C(=O)NNC(=O)c1ccc2c(c1)OCO2. The summed E-state index contributed by atoms with van der Waals surface area (Å²) in [6, 6.07) is 14.0. The van der Waals surface area contributed by atoms with Gasteiger partial charge >= 0.3 is 0 Å². The van der Waals surface area contributed by atoms with Crippen molar-refractivity contribution in [3.05, 3.63) is 65.5 Å². The van der Waals surface area contributed by atoms with Gasteiger partial charge < -0.3 is 9.47 Å². The van der Waals surface area contributed by atoms with Gasteiger partial charge in [-0.05, 0) is 37.3 Å². The van der Waals surface area contributed by atoms with E-state index in [9.17, 15) is 9.59 Å². The zero-order chi connectivity index (χ0) is 18.8. The Morgan fingerprint density at radius 3 is 2.52 bits per heavy atom. The molecule has 1 aliphatic rings. The number of carbonyl (C=O) groups excluding carboxylic acids is 2. The van der Waals surface area contributed by atoms with Crippen LogP contribution in [-0.4, -0.2) is 33.6 Å². The molecule has 1 aliphatic heterocycles. The van der Waals surface area contributed by atoms with E-state index in [1.807, 2.05) is 30.3 Å². The first-order valence-corrected chi connectivity index (χ1v) is 8.11. The predicted molar refractivity (Wildman–Crippen MR) is 93.6 cm³/mol. The predicted octanol–water partition coefficient (Wildman–Crippen LogP) is 1.38. The van der Waals surface area contributed by atoms with E-state index < -0.39 is 11.8 Å². The van der Waals surface area contributed by atoms with Crippen LogP contribution in [-0.2, 0) is 0 Å². The van der Waals surface area contributed by atoms with Crippen molar-refractivity contribution < 1.29 is 19.1 Å². The van der Waals surface area contributed by atoms with Gasteiger partial charge in [-0.15, -0.1) is 5.10 Å². The van der Waals surface area contributed by atoms with E-state index in [4.69, 9.17) is 9.47 Å². The minimum atomic E-state index is -0.566. The number of aromatic nitrogens is 3. The van der Waals surface area contributed by atoms with Gasteiger partial charge in [0.25, 0.3) is 11.8 Å². The molecular formula is C18H15N5O4. The molecule has 27 heavy (non-hydrogen) atoms. The second-order valence-electron chi connectivity index (χ2n) is 5.74. The summed E-state index contributed by atoms with van der Waals surface area (Å²) in [6.07, 6.45) is 0. The third-order valence-electron chi connectivity index (χ3n) is 3.91. The first-order valence-electron chi connectivity index (χ1n) is 8.11. The van der Waals surface area contributed by atoms with Crippen molar-refractivity contribution >= 4 is 11.8 Å². The number of amides is 2. The lowest BCUT2D eigenvalue weighted by atomic mass is 10.2. The van der Waals surface area contributed by atoms with Crippen molar-refractivity contribution in [2.24, 2.45) is 0 Å². The third kappa shape index (κ3) is 3.30. The molecule has 0 aliphatic carbocycles. The lowest BCUT2D eigenvalue weighted by molar-refractivity contribution is 0.0843. The van der Waals surface area contributed by atoms with Gasteiger partial charge in [0.15, 0.2) is 17.2 Å². The van der Waals surface area contributed by atoms with Crippen LogP contribution in [0, 0.1) is 6.92 Å². The van der Waals surface area contributed by atoms with Gasteiger partial charge in [-0.2, -0.15) is 9.90 Å². The highest BCUT2D eigenvalue weighted by atomic mass is 16.7. The number of hydrogen-bond donors (Lipinski definition) is 2. The quantitative estimate of drug-likeness (QED) is 0.679. The van der Waals surface area contributed by atoms with Crippen LogP contribution in [0.2, 0.25) is 0 Å². The summed E-state index contributed by atoms with van der Waals surface area (Å²) in [4.78, 5) is 25.9. The number of para-hydroxylation sites is 1. The minimum Gasteiger partial charge on any atom is -0.454 e. The highest BCUT2D eigenvalue weighted by Crippen LogP contribution is 2.32. The second-order valence-corrected chi connectivity index (χ2v) is 5.74. The number of nitrogens with one attached hydrogen (secondary N) is 2. The van der Waals surface area contributed by atoms with Crippen molar-refractivity contribution in [2.45, 2.75) is 6.92 Å². The molecule has 0 unspecified atom stereocenters. The summed E-state index contributed by atoms with van der Waals surface area (Å²) in [5.74, 6) is -0.00195. The molecule has 2 aromatic carbocycles. The summed E-state index contributed by atoms with van der Waals surface area (Å²) in [7, 11) is 0. The smallest absolute Gasteiger partial charge is 0.292 e. The molecule has 0 radical (unpaired) electrons.